The normalized spacial score (nSPS) is 24.1. The molecule has 0 spiro atoms. The van der Waals surface area contributed by atoms with Gasteiger partial charge in [-0.15, -0.1) is 0 Å². The van der Waals surface area contributed by atoms with E-state index in [2.05, 4.69) is 4.99 Å². The Bertz CT molecular complexity index is 311. The maximum Gasteiger partial charge on any atom is 0.220 e. The van der Waals surface area contributed by atoms with E-state index >= 15 is 0 Å². The van der Waals surface area contributed by atoms with E-state index in [0.29, 0.717) is 18.0 Å². The van der Waals surface area contributed by atoms with Crippen LogP contribution in [0.15, 0.2) is 28.2 Å². The first-order chi connectivity index (χ1) is 6.56. The fraction of sp³-hybridized carbons (Fsp3) is 0.500. The monoisotopic (exact) mass is 197 g/mol. The second-order valence-corrected chi connectivity index (χ2v) is 3.21. The predicted molar refractivity (Wildman–Crippen MR) is 54.6 cm³/mol. The number of aliphatic hydroxyl groups is 2. The lowest BCUT2D eigenvalue weighted by Gasteiger charge is -2.09. The van der Waals surface area contributed by atoms with Crippen molar-refractivity contribution in [3.8, 4) is 0 Å². The van der Waals surface area contributed by atoms with Crippen LogP contribution in [0.5, 0.6) is 0 Å². The van der Waals surface area contributed by atoms with E-state index in [9.17, 15) is 5.11 Å². The Hall–Kier alpha value is -1.45. The molecule has 1 unspecified atom stereocenters. The third-order valence-electron chi connectivity index (χ3n) is 1.92. The van der Waals surface area contributed by atoms with Crippen LogP contribution in [0.3, 0.4) is 0 Å². The molecule has 0 radical (unpaired) electrons. The summed E-state index contributed by atoms with van der Waals surface area (Å²) in [5.74, 6) is 0.0789. The van der Waals surface area contributed by atoms with Gasteiger partial charge in [0.15, 0.2) is 5.76 Å². The molecule has 1 aliphatic heterocycles. The minimum absolute atomic E-state index is 0.0340. The maximum atomic E-state index is 9.53. The van der Waals surface area contributed by atoms with Gasteiger partial charge in [0, 0.05) is 0 Å². The van der Waals surface area contributed by atoms with E-state index in [1.54, 1.807) is 13.0 Å². The molecule has 0 saturated carbocycles. The second kappa shape index (κ2) is 4.17. The molecule has 1 heterocycles. The zero-order chi connectivity index (χ0) is 10.7. The van der Waals surface area contributed by atoms with Gasteiger partial charge in [-0.25, -0.2) is 4.99 Å². The first-order valence-electron chi connectivity index (χ1n) is 4.53. The topological polar surface area (TPSA) is 62.0 Å². The molecule has 1 aliphatic rings. The van der Waals surface area contributed by atoms with Crippen molar-refractivity contribution < 1.29 is 14.9 Å². The van der Waals surface area contributed by atoms with Crippen molar-refractivity contribution >= 4 is 5.90 Å². The number of hydrogen-bond acceptors (Lipinski definition) is 4. The molecule has 0 amide bonds. The van der Waals surface area contributed by atoms with E-state index in [0.717, 1.165) is 0 Å². The van der Waals surface area contributed by atoms with Gasteiger partial charge in [0.1, 0.15) is 11.9 Å². The summed E-state index contributed by atoms with van der Waals surface area (Å²) in [6.45, 7) is 5.65. The minimum Gasteiger partial charge on any atom is -0.509 e. The average Bonchev–Trinajstić information content (AvgIpc) is 2.53. The SMILES string of the molecule is C/C=C(C1=NCC(C)O1)\C(O)=C(/C)O. The smallest absolute Gasteiger partial charge is 0.220 e. The van der Waals surface area contributed by atoms with Crippen LogP contribution in [0.4, 0.5) is 0 Å². The van der Waals surface area contributed by atoms with Gasteiger partial charge in [0.2, 0.25) is 5.90 Å². The predicted octanol–water partition coefficient (Wildman–Crippen LogP) is 2.10. The van der Waals surface area contributed by atoms with Crippen molar-refractivity contribution in [2.45, 2.75) is 26.9 Å². The number of hydrogen-bond donors (Lipinski definition) is 2. The third-order valence-corrected chi connectivity index (χ3v) is 1.92. The Morgan fingerprint density at radius 3 is 2.57 bits per heavy atom. The van der Waals surface area contributed by atoms with Crippen LogP contribution < -0.4 is 0 Å². The first-order valence-corrected chi connectivity index (χ1v) is 4.53. The summed E-state index contributed by atoms with van der Waals surface area (Å²) >= 11 is 0. The van der Waals surface area contributed by atoms with Crippen LogP contribution in [-0.2, 0) is 4.74 Å². The quantitative estimate of drug-likeness (QED) is 0.526. The summed E-state index contributed by atoms with van der Waals surface area (Å²) in [6, 6.07) is 0. The number of allylic oxidation sites excluding steroid dienone is 2. The molecule has 4 heteroatoms. The van der Waals surface area contributed by atoms with Gasteiger partial charge in [-0.3, -0.25) is 0 Å². The number of aliphatic imine (C=N–C) groups is 1. The Kier molecular flexibility index (Phi) is 3.17. The molecule has 2 N–H and O–H groups in total. The van der Waals surface area contributed by atoms with Crippen molar-refractivity contribution in [2.75, 3.05) is 6.54 Å². The van der Waals surface area contributed by atoms with Crippen molar-refractivity contribution in [2.24, 2.45) is 4.99 Å². The van der Waals surface area contributed by atoms with Crippen LogP contribution >= 0.6 is 0 Å². The molecule has 1 rings (SSSR count). The van der Waals surface area contributed by atoms with Gasteiger partial charge in [-0.05, 0) is 20.8 Å². The average molecular weight is 197 g/mol. The molecule has 0 fully saturated rings. The van der Waals surface area contributed by atoms with Crippen LogP contribution in [0, 0.1) is 0 Å². The van der Waals surface area contributed by atoms with Crippen molar-refractivity contribution in [1.82, 2.24) is 0 Å². The van der Waals surface area contributed by atoms with Crippen LogP contribution in [0.1, 0.15) is 20.8 Å². The zero-order valence-corrected chi connectivity index (χ0v) is 8.61. The fourth-order valence-corrected chi connectivity index (χ4v) is 1.18. The molecule has 14 heavy (non-hydrogen) atoms. The van der Waals surface area contributed by atoms with Gasteiger partial charge in [0.05, 0.1) is 12.1 Å². The Labute approximate surface area is 83.2 Å². The number of rotatable bonds is 2. The highest BCUT2D eigenvalue weighted by atomic mass is 16.5. The molecule has 4 nitrogen and oxygen atoms in total. The van der Waals surface area contributed by atoms with E-state index in [-0.39, 0.29) is 17.6 Å². The van der Waals surface area contributed by atoms with Gasteiger partial charge in [0.25, 0.3) is 0 Å². The van der Waals surface area contributed by atoms with Gasteiger partial charge in [-0.1, -0.05) is 6.08 Å². The molecule has 0 aromatic heterocycles. The summed E-state index contributed by atoms with van der Waals surface area (Å²) in [4.78, 5) is 4.11. The fourth-order valence-electron chi connectivity index (χ4n) is 1.18. The zero-order valence-electron chi connectivity index (χ0n) is 8.61. The summed E-state index contributed by atoms with van der Waals surface area (Å²) in [7, 11) is 0. The molecule has 0 saturated heterocycles. The number of nitrogens with zero attached hydrogens (tertiary/aromatic N) is 1. The number of aliphatic hydroxyl groups excluding tert-OH is 2. The van der Waals surface area contributed by atoms with Gasteiger partial charge >= 0.3 is 0 Å². The molecule has 0 aliphatic carbocycles. The van der Waals surface area contributed by atoms with Gasteiger partial charge < -0.3 is 14.9 Å². The Morgan fingerprint density at radius 2 is 2.21 bits per heavy atom. The Balaban J connectivity index is 2.91. The molecule has 0 aromatic rings. The van der Waals surface area contributed by atoms with Crippen molar-refractivity contribution in [3.63, 3.8) is 0 Å². The molecule has 1 atom stereocenters. The van der Waals surface area contributed by atoms with Crippen LogP contribution in [-0.4, -0.2) is 28.8 Å². The number of ether oxygens (including phenoxy) is 1. The Morgan fingerprint density at radius 1 is 1.57 bits per heavy atom. The summed E-state index contributed by atoms with van der Waals surface area (Å²) in [5, 5.41) is 18.7. The van der Waals surface area contributed by atoms with Crippen molar-refractivity contribution in [3.05, 3.63) is 23.2 Å². The lowest BCUT2D eigenvalue weighted by molar-refractivity contribution is 0.243. The van der Waals surface area contributed by atoms with Crippen LogP contribution in [0.25, 0.3) is 0 Å². The van der Waals surface area contributed by atoms with E-state index < -0.39 is 0 Å². The molecule has 0 bridgehead atoms. The minimum atomic E-state index is -0.180. The summed E-state index contributed by atoms with van der Waals surface area (Å²) in [5.41, 5.74) is 0.439. The molecule has 0 aromatic carbocycles. The lowest BCUT2D eigenvalue weighted by Crippen LogP contribution is -2.11. The highest BCUT2D eigenvalue weighted by Gasteiger charge is 2.21. The summed E-state index contributed by atoms with van der Waals surface area (Å²) < 4.78 is 5.36. The largest absolute Gasteiger partial charge is 0.509 e. The van der Waals surface area contributed by atoms with Crippen LogP contribution in [0.2, 0.25) is 0 Å². The van der Waals surface area contributed by atoms with E-state index in [4.69, 9.17) is 9.84 Å². The second-order valence-electron chi connectivity index (χ2n) is 3.21. The molecular formula is C10H15NO3. The van der Waals surface area contributed by atoms with E-state index in [1.165, 1.54) is 6.92 Å². The highest BCUT2D eigenvalue weighted by Crippen LogP contribution is 2.18. The first kappa shape index (κ1) is 10.6. The summed E-state index contributed by atoms with van der Waals surface area (Å²) in [6.07, 6.45) is 1.69. The van der Waals surface area contributed by atoms with E-state index in [1.807, 2.05) is 6.92 Å². The lowest BCUT2D eigenvalue weighted by atomic mass is 10.2. The highest BCUT2D eigenvalue weighted by molar-refractivity contribution is 5.98. The third kappa shape index (κ3) is 2.07. The molecule has 78 valence electrons. The molecular weight excluding hydrogens is 182 g/mol. The maximum absolute atomic E-state index is 9.53. The van der Waals surface area contributed by atoms with Gasteiger partial charge in [-0.2, -0.15) is 0 Å². The van der Waals surface area contributed by atoms with Crippen molar-refractivity contribution in [1.29, 1.82) is 0 Å². The standard InChI is InChI=1S/C10H15NO3/c1-4-8(9(13)7(3)12)10-11-5-6(2)14-10/h4,6,12-13H,5H2,1-3H3/b8-4+,9-7-.